The molecule has 1 heterocycles. The number of hydrogen-bond acceptors (Lipinski definition) is 2. The Morgan fingerprint density at radius 3 is 2.48 bits per heavy atom. The molecular formula is C19H20FN3. The Balaban J connectivity index is 1.70. The van der Waals surface area contributed by atoms with Gasteiger partial charge in [0.2, 0.25) is 0 Å². The van der Waals surface area contributed by atoms with Crippen molar-refractivity contribution in [3.63, 3.8) is 0 Å². The molecule has 0 saturated heterocycles. The minimum absolute atomic E-state index is 0.209. The molecule has 1 N–H and O–H groups in total. The third-order valence-electron chi connectivity index (χ3n) is 3.75. The molecule has 4 heteroatoms. The summed E-state index contributed by atoms with van der Waals surface area (Å²) >= 11 is 0. The number of benzene rings is 2. The van der Waals surface area contributed by atoms with Crippen LogP contribution >= 0.6 is 0 Å². The number of aryl methyl sites for hydroxylation is 1. The molecule has 118 valence electrons. The summed E-state index contributed by atoms with van der Waals surface area (Å²) in [5, 5.41) is 7.23. The molecule has 0 atom stereocenters. The van der Waals surface area contributed by atoms with E-state index in [1.807, 2.05) is 31.2 Å². The topological polar surface area (TPSA) is 31.9 Å². The number of nitrogens with one attached hydrogen (secondary N) is 1. The second-order valence-corrected chi connectivity index (χ2v) is 5.92. The highest BCUT2D eigenvalue weighted by Gasteiger charge is 2.06. The second-order valence-electron chi connectivity index (χ2n) is 5.92. The molecule has 0 bridgehead atoms. The van der Waals surface area contributed by atoms with E-state index in [0.29, 0.717) is 0 Å². The van der Waals surface area contributed by atoms with Gasteiger partial charge in [0.15, 0.2) is 0 Å². The van der Waals surface area contributed by atoms with E-state index in [2.05, 4.69) is 40.3 Å². The lowest BCUT2D eigenvalue weighted by Crippen LogP contribution is -2.17. The first kappa shape index (κ1) is 15.4. The first-order chi connectivity index (χ1) is 11.1. The molecule has 0 aliphatic heterocycles. The fraction of sp³-hybridized carbons (Fsp3) is 0.211. The predicted molar refractivity (Wildman–Crippen MR) is 90.3 cm³/mol. The van der Waals surface area contributed by atoms with E-state index < -0.39 is 0 Å². The van der Waals surface area contributed by atoms with Gasteiger partial charge in [-0.15, -0.1) is 0 Å². The van der Waals surface area contributed by atoms with Crippen LogP contribution in [0.15, 0.2) is 54.6 Å². The summed E-state index contributed by atoms with van der Waals surface area (Å²) < 4.78 is 13.0. The molecule has 1 aromatic heterocycles. The molecule has 3 aromatic rings. The van der Waals surface area contributed by atoms with Crippen LogP contribution in [0.25, 0.3) is 11.1 Å². The van der Waals surface area contributed by atoms with Crippen molar-refractivity contribution in [3.8, 4) is 11.1 Å². The van der Waals surface area contributed by atoms with Gasteiger partial charge in [0.25, 0.3) is 0 Å². The molecule has 23 heavy (non-hydrogen) atoms. The van der Waals surface area contributed by atoms with E-state index in [0.717, 1.165) is 35.6 Å². The largest absolute Gasteiger partial charge is 0.296 e. The van der Waals surface area contributed by atoms with Crippen LogP contribution in [0.4, 0.5) is 4.39 Å². The van der Waals surface area contributed by atoms with Crippen LogP contribution in [-0.4, -0.2) is 22.1 Å². The summed E-state index contributed by atoms with van der Waals surface area (Å²) in [5.74, 6) is -0.209. The molecule has 0 aliphatic carbocycles. The Kier molecular flexibility index (Phi) is 4.53. The summed E-state index contributed by atoms with van der Waals surface area (Å²) in [6, 6.07) is 17.0. The smallest absolute Gasteiger partial charge is 0.123 e. The van der Waals surface area contributed by atoms with Crippen LogP contribution in [0.2, 0.25) is 0 Å². The molecule has 0 amide bonds. The molecule has 0 fully saturated rings. The summed E-state index contributed by atoms with van der Waals surface area (Å²) in [6.07, 6.45) is 0. The number of rotatable bonds is 5. The van der Waals surface area contributed by atoms with Gasteiger partial charge in [-0.25, -0.2) is 4.39 Å². The lowest BCUT2D eigenvalue weighted by atomic mass is 10.0. The Labute approximate surface area is 135 Å². The van der Waals surface area contributed by atoms with Crippen molar-refractivity contribution in [2.45, 2.75) is 20.0 Å². The highest BCUT2D eigenvalue weighted by molar-refractivity contribution is 5.64. The number of hydrogen-bond donors (Lipinski definition) is 1. The molecule has 0 spiro atoms. The van der Waals surface area contributed by atoms with E-state index in [1.54, 1.807) is 0 Å². The van der Waals surface area contributed by atoms with Crippen LogP contribution in [0.1, 0.15) is 17.0 Å². The van der Waals surface area contributed by atoms with Crippen molar-refractivity contribution in [2.24, 2.45) is 0 Å². The third-order valence-corrected chi connectivity index (χ3v) is 3.75. The fourth-order valence-electron chi connectivity index (χ4n) is 2.69. The van der Waals surface area contributed by atoms with E-state index >= 15 is 0 Å². The number of nitrogens with zero attached hydrogens (tertiary/aromatic N) is 2. The van der Waals surface area contributed by atoms with Crippen molar-refractivity contribution in [2.75, 3.05) is 7.05 Å². The molecule has 3 nitrogen and oxygen atoms in total. The third kappa shape index (κ3) is 4.05. The predicted octanol–water partition coefficient (Wildman–Crippen LogP) is 4.16. The first-order valence-corrected chi connectivity index (χ1v) is 7.64. The summed E-state index contributed by atoms with van der Waals surface area (Å²) in [7, 11) is 2.08. The molecular weight excluding hydrogens is 289 g/mol. The molecule has 2 aromatic carbocycles. The zero-order valence-corrected chi connectivity index (χ0v) is 13.4. The second kappa shape index (κ2) is 6.75. The van der Waals surface area contributed by atoms with E-state index in [4.69, 9.17) is 0 Å². The standard InChI is InChI=1S/C19H20FN3/c1-14-10-19(22-21-14)13-23(2)12-15-4-3-5-17(11-15)16-6-8-18(20)9-7-16/h3-11H,12-13H2,1-2H3,(H,21,22). The SMILES string of the molecule is Cc1cc(CN(C)Cc2cccc(-c3ccc(F)cc3)c2)n[nH]1. The Hall–Kier alpha value is -2.46. The number of aromatic nitrogens is 2. The van der Waals surface area contributed by atoms with Gasteiger partial charge in [-0.3, -0.25) is 10.00 Å². The van der Waals surface area contributed by atoms with Gasteiger partial charge >= 0.3 is 0 Å². The van der Waals surface area contributed by atoms with Crippen LogP contribution < -0.4 is 0 Å². The van der Waals surface area contributed by atoms with Crippen LogP contribution in [0, 0.1) is 12.7 Å². The Morgan fingerprint density at radius 1 is 1.00 bits per heavy atom. The number of H-pyrrole nitrogens is 1. The Bertz CT molecular complexity index is 777. The minimum atomic E-state index is -0.209. The minimum Gasteiger partial charge on any atom is -0.296 e. The molecule has 3 rings (SSSR count). The van der Waals surface area contributed by atoms with Crippen LogP contribution in [0.5, 0.6) is 0 Å². The lowest BCUT2D eigenvalue weighted by molar-refractivity contribution is 0.315. The van der Waals surface area contributed by atoms with E-state index in [-0.39, 0.29) is 5.82 Å². The van der Waals surface area contributed by atoms with Gasteiger partial charge in [-0.2, -0.15) is 5.10 Å². The van der Waals surface area contributed by atoms with Gasteiger partial charge in [-0.1, -0.05) is 30.3 Å². The molecule has 0 unspecified atom stereocenters. The first-order valence-electron chi connectivity index (χ1n) is 7.64. The van der Waals surface area contributed by atoms with Crippen molar-refractivity contribution >= 4 is 0 Å². The average Bonchev–Trinajstić information content (AvgIpc) is 2.93. The van der Waals surface area contributed by atoms with Crippen LogP contribution in [-0.2, 0) is 13.1 Å². The molecule has 0 saturated carbocycles. The quantitative estimate of drug-likeness (QED) is 0.767. The van der Waals surface area contributed by atoms with Crippen molar-refractivity contribution in [1.29, 1.82) is 0 Å². The summed E-state index contributed by atoms with van der Waals surface area (Å²) in [5.41, 5.74) is 5.47. The maximum Gasteiger partial charge on any atom is 0.123 e. The maximum absolute atomic E-state index is 13.0. The lowest BCUT2D eigenvalue weighted by Gasteiger charge is -2.16. The summed E-state index contributed by atoms with van der Waals surface area (Å²) in [4.78, 5) is 2.22. The van der Waals surface area contributed by atoms with Crippen LogP contribution in [0.3, 0.4) is 0 Å². The van der Waals surface area contributed by atoms with E-state index in [9.17, 15) is 4.39 Å². The van der Waals surface area contributed by atoms with Crippen molar-refractivity contribution < 1.29 is 4.39 Å². The zero-order chi connectivity index (χ0) is 16.2. The van der Waals surface area contributed by atoms with Crippen molar-refractivity contribution in [1.82, 2.24) is 15.1 Å². The van der Waals surface area contributed by atoms with Gasteiger partial charge in [0, 0.05) is 18.8 Å². The maximum atomic E-state index is 13.0. The highest BCUT2D eigenvalue weighted by atomic mass is 19.1. The average molecular weight is 309 g/mol. The molecule has 0 radical (unpaired) electrons. The zero-order valence-electron chi connectivity index (χ0n) is 13.4. The van der Waals surface area contributed by atoms with E-state index in [1.165, 1.54) is 17.7 Å². The summed E-state index contributed by atoms with van der Waals surface area (Å²) in [6.45, 7) is 3.63. The molecule has 0 aliphatic rings. The van der Waals surface area contributed by atoms with Gasteiger partial charge in [-0.05, 0) is 54.9 Å². The Morgan fingerprint density at radius 2 is 1.78 bits per heavy atom. The van der Waals surface area contributed by atoms with Gasteiger partial charge in [0.1, 0.15) is 5.82 Å². The number of aromatic amines is 1. The van der Waals surface area contributed by atoms with Crippen molar-refractivity contribution in [3.05, 3.63) is 77.4 Å². The van der Waals surface area contributed by atoms with Gasteiger partial charge < -0.3 is 0 Å². The number of halogens is 1. The monoisotopic (exact) mass is 309 g/mol. The highest BCUT2D eigenvalue weighted by Crippen LogP contribution is 2.21. The fourth-order valence-corrected chi connectivity index (χ4v) is 2.69. The normalized spacial score (nSPS) is 11.1. The van der Waals surface area contributed by atoms with Gasteiger partial charge in [0.05, 0.1) is 5.69 Å².